The Morgan fingerprint density at radius 3 is 2.49 bits per heavy atom. The van der Waals surface area contributed by atoms with Crippen molar-refractivity contribution in [2.45, 2.75) is 32.5 Å². The van der Waals surface area contributed by atoms with E-state index in [9.17, 15) is 19.5 Å². The summed E-state index contributed by atoms with van der Waals surface area (Å²) < 4.78 is 10.4. The molecule has 1 amide bonds. The van der Waals surface area contributed by atoms with Gasteiger partial charge >= 0.3 is 5.97 Å². The van der Waals surface area contributed by atoms with Crippen molar-refractivity contribution < 1.29 is 29.0 Å². The van der Waals surface area contributed by atoms with Gasteiger partial charge in [0.15, 0.2) is 0 Å². The molecular weight excluding hydrogens is 496 g/mol. The van der Waals surface area contributed by atoms with Crippen LogP contribution < -0.4 is 4.74 Å². The number of ether oxygens (including phenoxy) is 2. The Morgan fingerprint density at radius 1 is 1.14 bits per heavy atom. The van der Waals surface area contributed by atoms with Crippen LogP contribution in [0.4, 0.5) is 0 Å². The summed E-state index contributed by atoms with van der Waals surface area (Å²) in [4.78, 5) is 44.1. The number of carbonyl (C=O) groups excluding carboxylic acids is 3. The monoisotopic (exact) mass is 520 g/mol. The van der Waals surface area contributed by atoms with Gasteiger partial charge in [0.1, 0.15) is 11.5 Å². The predicted octanol–water partition coefficient (Wildman–Crippen LogP) is 4.93. The quantitative estimate of drug-likeness (QED) is 0.204. The molecule has 1 aliphatic heterocycles. The molecule has 1 atom stereocenters. The Hall–Kier alpha value is -4.17. The van der Waals surface area contributed by atoms with Gasteiger partial charge in [0.05, 0.1) is 35.4 Å². The first-order chi connectivity index (χ1) is 17.7. The highest BCUT2D eigenvalue weighted by Crippen LogP contribution is 2.41. The normalized spacial score (nSPS) is 16.8. The fourth-order valence-electron chi connectivity index (χ4n) is 4.11. The number of hydrogen-bond donors (Lipinski definition) is 1. The zero-order valence-corrected chi connectivity index (χ0v) is 21.2. The molecule has 2 heterocycles. The summed E-state index contributed by atoms with van der Waals surface area (Å²) in [6.07, 6.45) is 2.86. The molecule has 2 aromatic carbocycles. The number of esters is 1. The number of ketones is 1. The Balaban J connectivity index is 1.76. The number of nitrogens with zero attached hydrogens (tertiary/aromatic N) is 2. The fraction of sp³-hybridized carbons (Fsp3) is 0.214. The minimum atomic E-state index is -0.915. The summed E-state index contributed by atoms with van der Waals surface area (Å²) in [6, 6.07) is 13.7. The highest BCUT2D eigenvalue weighted by Gasteiger charge is 2.46. The molecule has 37 heavy (non-hydrogen) atoms. The number of aromatic nitrogens is 1. The van der Waals surface area contributed by atoms with Crippen molar-refractivity contribution in [3.8, 4) is 5.75 Å². The van der Waals surface area contributed by atoms with E-state index in [1.807, 2.05) is 0 Å². The molecule has 8 nitrogen and oxygen atoms in total. The SMILES string of the molecule is COc1ccc(Cl)c(/C(O)=C2\C(=O)C(=O)N(Cc3ccc(C(=O)OC(C)C)cc3)C2c2cccnc2)c1. The standard InChI is InChI=1S/C28H25ClN2O6/c1-16(2)37-28(35)18-8-6-17(7-9-18)15-31-24(19-5-4-12-30-14-19)23(26(33)27(31)34)25(32)21-13-20(36-3)10-11-22(21)29/h4-14,16,24,32H,15H2,1-3H3/b25-23+. The molecule has 1 fully saturated rings. The van der Waals surface area contributed by atoms with Crippen LogP contribution in [0.2, 0.25) is 5.02 Å². The molecule has 1 unspecified atom stereocenters. The van der Waals surface area contributed by atoms with Gasteiger partial charge in [-0.1, -0.05) is 29.8 Å². The lowest BCUT2D eigenvalue weighted by Gasteiger charge is -2.25. The van der Waals surface area contributed by atoms with E-state index in [-0.39, 0.29) is 28.8 Å². The first-order valence-corrected chi connectivity index (χ1v) is 11.9. The summed E-state index contributed by atoms with van der Waals surface area (Å²) in [7, 11) is 1.47. The number of pyridine rings is 1. The second kappa shape index (κ2) is 10.8. The first kappa shape index (κ1) is 25.9. The van der Waals surface area contributed by atoms with Crippen molar-refractivity contribution in [3.05, 3.63) is 99.8 Å². The van der Waals surface area contributed by atoms with Gasteiger partial charge in [-0.15, -0.1) is 0 Å². The van der Waals surface area contributed by atoms with Gasteiger partial charge in [0.25, 0.3) is 11.7 Å². The van der Waals surface area contributed by atoms with E-state index in [4.69, 9.17) is 21.1 Å². The van der Waals surface area contributed by atoms with Gasteiger partial charge in [-0.3, -0.25) is 14.6 Å². The predicted molar refractivity (Wildman–Crippen MR) is 137 cm³/mol. The third-order valence-corrected chi connectivity index (χ3v) is 6.18. The van der Waals surface area contributed by atoms with Crippen molar-refractivity contribution in [2.24, 2.45) is 0 Å². The highest BCUT2D eigenvalue weighted by molar-refractivity contribution is 6.47. The molecule has 9 heteroatoms. The van der Waals surface area contributed by atoms with Gasteiger partial charge in [-0.2, -0.15) is 0 Å². The maximum atomic E-state index is 13.3. The lowest BCUT2D eigenvalue weighted by Crippen LogP contribution is -2.29. The summed E-state index contributed by atoms with van der Waals surface area (Å²) in [6.45, 7) is 3.58. The molecule has 0 bridgehead atoms. The number of aliphatic hydroxyl groups is 1. The van der Waals surface area contributed by atoms with Crippen molar-refractivity contribution in [3.63, 3.8) is 0 Å². The van der Waals surface area contributed by atoms with E-state index in [2.05, 4.69) is 4.98 Å². The topological polar surface area (TPSA) is 106 Å². The molecule has 0 aliphatic carbocycles. The molecular formula is C28H25ClN2O6. The molecule has 190 valence electrons. The lowest BCUT2D eigenvalue weighted by molar-refractivity contribution is -0.140. The second-order valence-electron chi connectivity index (χ2n) is 8.71. The number of hydrogen-bond acceptors (Lipinski definition) is 7. The maximum absolute atomic E-state index is 13.3. The number of likely N-dealkylation sites (tertiary alicyclic amines) is 1. The number of aliphatic hydroxyl groups excluding tert-OH is 1. The summed E-state index contributed by atoms with van der Waals surface area (Å²) in [5.41, 5.74) is 1.65. The Kier molecular flexibility index (Phi) is 7.59. The van der Waals surface area contributed by atoms with Crippen molar-refractivity contribution in [2.75, 3.05) is 7.11 Å². The van der Waals surface area contributed by atoms with Crippen molar-refractivity contribution >= 4 is 35.0 Å². The number of carbonyl (C=O) groups is 3. The molecule has 0 spiro atoms. The van der Waals surface area contributed by atoms with Crippen LogP contribution in [0.15, 0.2) is 72.6 Å². The molecule has 1 aromatic heterocycles. The molecule has 1 saturated heterocycles. The van der Waals surface area contributed by atoms with Gasteiger partial charge in [0, 0.05) is 24.5 Å². The number of amides is 1. The molecule has 0 radical (unpaired) electrons. The molecule has 0 saturated carbocycles. The van der Waals surface area contributed by atoms with Crippen LogP contribution in [-0.2, 0) is 20.9 Å². The van der Waals surface area contributed by atoms with Gasteiger partial charge in [-0.05, 0) is 61.4 Å². The number of benzene rings is 2. The minimum Gasteiger partial charge on any atom is -0.507 e. The van der Waals surface area contributed by atoms with Crippen molar-refractivity contribution in [1.82, 2.24) is 9.88 Å². The average molecular weight is 521 g/mol. The van der Waals surface area contributed by atoms with E-state index in [0.29, 0.717) is 22.4 Å². The smallest absolute Gasteiger partial charge is 0.338 e. The molecule has 1 N–H and O–H groups in total. The Morgan fingerprint density at radius 2 is 1.86 bits per heavy atom. The third kappa shape index (κ3) is 5.34. The minimum absolute atomic E-state index is 0.0479. The van der Waals surface area contributed by atoms with E-state index < -0.39 is 29.5 Å². The van der Waals surface area contributed by atoms with E-state index >= 15 is 0 Å². The molecule has 1 aliphatic rings. The van der Waals surface area contributed by atoms with Gasteiger partial charge in [0.2, 0.25) is 0 Å². The van der Waals surface area contributed by atoms with Crippen LogP contribution in [0, 0.1) is 0 Å². The van der Waals surface area contributed by atoms with Gasteiger partial charge in [-0.25, -0.2) is 4.79 Å². The molecule has 3 aromatic rings. The number of Topliss-reactive ketones (excluding diaryl/α,β-unsaturated/α-hetero) is 1. The summed E-state index contributed by atoms with van der Waals surface area (Å²) >= 11 is 6.33. The fourth-order valence-corrected chi connectivity index (χ4v) is 4.32. The average Bonchev–Trinajstić information content (AvgIpc) is 3.14. The zero-order chi connectivity index (χ0) is 26.7. The lowest BCUT2D eigenvalue weighted by atomic mass is 9.96. The number of rotatable bonds is 7. The number of methoxy groups -OCH3 is 1. The second-order valence-corrected chi connectivity index (χ2v) is 9.12. The highest BCUT2D eigenvalue weighted by atomic mass is 35.5. The zero-order valence-electron chi connectivity index (χ0n) is 20.5. The van der Waals surface area contributed by atoms with E-state index in [0.717, 1.165) is 0 Å². The Labute approximate surface area is 219 Å². The molecule has 4 rings (SSSR count). The van der Waals surface area contributed by atoms with Gasteiger partial charge < -0.3 is 19.5 Å². The van der Waals surface area contributed by atoms with Crippen LogP contribution in [0.5, 0.6) is 5.75 Å². The number of halogens is 1. The summed E-state index contributed by atoms with van der Waals surface area (Å²) in [5.74, 6) is -2.06. The van der Waals surface area contributed by atoms with Crippen molar-refractivity contribution in [1.29, 1.82) is 0 Å². The van der Waals surface area contributed by atoms with Crippen LogP contribution in [-0.4, -0.2) is 45.9 Å². The van der Waals surface area contributed by atoms with E-state index in [1.54, 1.807) is 62.5 Å². The van der Waals surface area contributed by atoms with Crippen LogP contribution in [0.1, 0.15) is 46.9 Å². The third-order valence-electron chi connectivity index (χ3n) is 5.85. The van der Waals surface area contributed by atoms with Crippen LogP contribution >= 0.6 is 11.6 Å². The van der Waals surface area contributed by atoms with Crippen LogP contribution in [0.3, 0.4) is 0 Å². The van der Waals surface area contributed by atoms with Crippen LogP contribution in [0.25, 0.3) is 5.76 Å². The first-order valence-electron chi connectivity index (χ1n) is 11.5. The maximum Gasteiger partial charge on any atom is 0.338 e. The van der Waals surface area contributed by atoms with E-state index in [1.165, 1.54) is 30.3 Å². The Bertz CT molecular complexity index is 1370. The summed E-state index contributed by atoms with van der Waals surface area (Å²) in [5, 5.41) is 11.5. The largest absolute Gasteiger partial charge is 0.507 e.